The van der Waals surface area contributed by atoms with Gasteiger partial charge in [-0.15, -0.1) is 0 Å². The average Bonchev–Trinajstić information content (AvgIpc) is 3.34. The first-order valence-electron chi connectivity index (χ1n) is 11.3. The lowest BCUT2D eigenvalue weighted by molar-refractivity contribution is 0.243. The van der Waals surface area contributed by atoms with E-state index in [2.05, 4.69) is 61.5 Å². The first-order chi connectivity index (χ1) is 15.0. The van der Waals surface area contributed by atoms with Crippen LogP contribution in [0.15, 0.2) is 42.6 Å². The Labute approximate surface area is 186 Å². The van der Waals surface area contributed by atoms with Crippen molar-refractivity contribution in [3.63, 3.8) is 0 Å². The van der Waals surface area contributed by atoms with Crippen LogP contribution >= 0.6 is 0 Å². The Morgan fingerprint density at radius 2 is 1.97 bits per heavy atom. The second kappa shape index (κ2) is 9.23. The third kappa shape index (κ3) is 4.67. The van der Waals surface area contributed by atoms with Crippen LogP contribution in [0.1, 0.15) is 72.5 Å². The molecule has 5 heteroatoms. The maximum Gasteiger partial charge on any atom is 0.119 e. The highest BCUT2D eigenvalue weighted by atomic mass is 16.5. The SMILES string of the molecule is COc1cccc(Cc2ccc([C@H]3CCCN3Cc3c(C)nn(C(C)C)c3C)nc2)c1. The highest BCUT2D eigenvalue weighted by molar-refractivity contribution is 5.32. The molecule has 1 aliphatic heterocycles. The van der Waals surface area contributed by atoms with Gasteiger partial charge in [0.25, 0.3) is 0 Å². The van der Waals surface area contributed by atoms with Gasteiger partial charge in [-0.3, -0.25) is 14.6 Å². The zero-order valence-electron chi connectivity index (χ0n) is 19.4. The number of nitrogens with zero attached hydrogens (tertiary/aromatic N) is 4. The van der Waals surface area contributed by atoms with E-state index in [1.807, 2.05) is 18.3 Å². The molecule has 0 bridgehead atoms. The summed E-state index contributed by atoms with van der Waals surface area (Å²) in [5.74, 6) is 0.898. The van der Waals surface area contributed by atoms with Gasteiger partial charge in [-0.1, -0.05) is 18.2 Å². The fourth-order valence-corrected chi connectivity index (χ4v) is 4.74. The molecule has 1 aromatic carbocycles. The Bertz CT molecular complexity index is 1020. The van der Waals surface area contributed by atoms with Gasteiger partial charge in [0.05, 0.1) is 24.5 Å². The Balaban J connectivity index is 1.48. The summed E-state index contributed by atoms with van der Waals surface area (Å²) in [6.07, 6.45) is 5.29. The second-order valence-corrected chi connectivity index (χ2v) is 8.94. The number of hydrogen-bond acceptors (Lipinski definition) is 4. The number of pyridine rings is 1. The number of methoxy groups -OCH3 is 1. The van der Waals surface area contributed by atoms with Crippen LogP contribution in [0.25, 0.3) is 0 Å². The standard InChI is InChI=1S/C26H34N4O/c1-18(2)30-20(4)24(19(3)28-30)17-29-13-7-10-26(29)25-12-11-22(16-27-25)14-21-8-6-9-23(15-21)31-5/h6,8-9,11-12,15-16,18,26H,7,10,13-14,17H2,1-5H3/t26-/m1/s1. The molecule has 0 N–H and O–H groups in total. The van der Waals surface area contributed by atoms with E-state index < -0.39 is 0 Å². The molecule has 0 radical (unpaired) electrons. The van der Waals surface area contributed by atoms with Crippen molar-refractivity contribution in [1.29, 1.82) is 0 Å². The summed E-state index contributed by atoms with van der Waals surface area (Å²) in [5, 5.41) is 4.78. The average molecular weight is 419 g/mol. The van der Waals surface area contributed by atoms with Gasteiger partial charge in [-0.25, -0.2) is 0 Å². The number of aromatic nitrogens is 3. The molecule has 1 fully saturated rings. The number of rotatable bonds is 7. The highest BCUT2D eigenvalue weighted by Crippen LogP contribution is 2.33. The van der Waals surface area contributed by atoms with E-state index in [0.717, 1.165) is 31.0 Å². The Morgan fingerprint density at radius 3 is 2.65 bits per heavy atom. The van der Waals surface area contributed by atoms with E-state index in [-0.39, 0.29) is 0 Å². The van der Waals surface area contributed by atoms with Crippen LogP contribution in [-0.4, -0.2) is 33.3 Å². The topological polar surface area (TPSA) is 43.2 Å². The molecule has 0 aliphatic carbocycles. The summed E-state index contributed by atoms with van der Waals surface area (Å²) < 4.78 is 7.50. The van der Waals surface area contributed by atoms with Gasteiger partial charge in [0, 0.05) is 30.0 Å². The summed E-state index contributed by atoms with van der Waals surface area (Å²) in [5.41, 5.74) is 7.46. The number of ether oxygens (including phenoxy) is 1. The van der Waals surface area contributed by atoms with Crippen molar-refractivity contribution >= 4 is 0 Å². The normalized spacial score (nSPS) is 16.9. The maximum absolute atomic E-state index is 5.34. The quantitative estimate of drug-likeness (QED) is 0.514. The van der Waals surface area contributed by atoms with Crippen molar-refractivity contribution in [2.45, 2.75) is 65.6 Å². The second-order valence-electron chi connectivity index (χ2n) is 8.94. The zero-order valence-corrected chi connectivity index (χ0v) is 19.4. The molecule has 164 valence electrons. The van der Waals surface area contributed by atoms with Crippen LogP contribution < -0.4 is 4.74 Å². The molecule has 1 atom stereocenters. The largest absolute Gasteiger partial charge is 0.497 e. The molecular formula is C26H34N4O. The molecule has 1 saturated heterocycles. The van der Waals surface area contributed by atoms with E-state index in [1.165, 1.54) is 40.9 Å². The molecule has 3 aromatic rings. The number of hydrogen-bond donors (Lipinski definition) is 0. The van der Waals surface area contributed by atoms with Crippen LogP contribution in [0.5, 0.6) is 5.75 Å². The van der Waals surface area contributed by atoms with E-state index >= 15 is 0 Å². The first kappa shape index (κ1) is 21.6. The summed E-state index contributed by atoms with van der Waals surface area (Å²) in [7, 11) is 1.71. The minimum absolute atomic E-state index is 0.382. The zero-order chi connectivity index (χ0) is 22.0. The molecule has 3 heterocycles. The van der Waals surface area contributed by atoms with Gasteiger partial charge < -0.3 is 4.74 Å². The summed E-state index contributed by atoms with van der Waals surface area (Å²) in [6.45, 7) is 10.8. The molecule has 4 rings (SSSR count). The number of aryl methyl sites for hydroxylation is 1. The third-order valence-corrected chi connectivity index (χ3v) is 6.42. The van der Waals surface area contributed by atoms with Crippen molar-refractivity contribution in [3.05, 3.63) is 76.4 Å². The van der Waals surface area contributed by atoms with Crippen LogP contribution in [0.2, 0.25) is 0 Å². The minimum Gasteiger partial charge on any atom is -0.497 e. The van der Waals surface area contributed by atoms with Crippen molar-refractivity contribution in [2.24, 2.45) is 0 Å². The van der Waals surface area contributed by atoms with Crippen LogP contribution in [0.3, 0.4) is 0 Å². The van der Waals surface area contributed by atoms with Crippen LogP contribution in [0.4, 0.5) is 0 Å². The molecule has 2 aromatic heterocycles. The van der Waals surface area contributed by atoms with Gasteiger partial charge in [0.15, 0.2) is 0 Å². The van der Waals surface area contributed by atoms with Gasteiger partial charge >= 0.3 is 0 Å². The number of benzene rings is 1. The third-order valence-electron chi connectivity index (χ3n) is 6.42. The van der Waals surface area contributed by atoms with E-state index in [1.54, 1.807) is 7.11 Å². The van der Waals surface area contributed by atoms with Crippen molar-refractivity contribution in [1.82, 2.24) is 19.7 Å². The predicted octanol–water partition coefficient (Wildman–Crippen LogP) is 5.41. The van der Waals surface area contributed by atoms with E-state index in [4.69, 9.17) is 14.8 Å². The van der Waals surface area contributed by atoms with Gasteiger partial charge in [0.2, 0.25) is 0 Å². The van der Waals surface area contributed by atoms with Crippen LogP contribution in [0, 0.1) is 13.8 Å². The van der Waals surface area contributed by atoms with Crippen molar-refractivity contribution in [3.8, 4) is 5.75 Å². The Kier molecular flexibility index (Phi) is 6.42. The molecule has 31 heavy (non-hydrogen) atoms. The van der Waals surface area contributed by atoms with Gasteiger partial charge in [0.1, 0.15) is 5.75 Å². The number of likely N-dealkylation sites (tertiary alicyclic amines) is 1. The lowest BCUT2D eigenvalue weighted by atomic mass is 10.0. The molecular weight excluding hydrogens is 384 g/mol. The lowest BCUT2D eigenvalue weighted by Crippen LogP contribution is -2.24. The summed E-state index contributed by atoms with van der Waals surface area (Å²) >= 11 is 0. The van der Waals surface area contributed by atoms with Crippen molar-refractivity contribution < 1.29 is 4.74 Å². The Morgan fingerprint density at radius 1 is 1.13 bits per heavy atom. The van der Waals surface area contributed by atoms with E-state index in [0.29, 0.717) is 12.1 Å². The first-order valence-corrected chi connectivity index (χ1v) is 11.3. The molecule has 0 amide bonds. The van der Waals surface area contributed by atoms with Crippen molar-refractivity contribution in [2.75, 3.05) is 13.7 Å². The highest BCUT2D eigenvalue weighted by Gasteiger charge is 2.28. The van der Waals surface area contributed by atoms with Gasteiger partial charge in [-0.2, -0.15) is 5.10 Å². The minimum atomic E-state index is 0.382. The van der Waals surface area contributed by atoms with Crippen LogP contribution in [-0.2, 0) is 13.0 Å². The lowest BCUT2D eigenvalue weighted by Gasteiger charge is -2.24. The maximum atomic E-state index is 5.34. The van der Waals surface area contributed by atoms with Gasteiger partial charge in [-0.05, 0) is 82.8 Å². The summed E-state index contributed by atoms with van der Waals surface area (Å²) in [6, 6.07) is 13.5. The Hall–Kier alpha value is -2.66. The molecule has 0 spiro atoms. The fraction of sp³-hybridized carbons (Fsp3) is 0.462. The molecule has 0 unspecified atom stereocenters. The molecule has 5 nitrogen and oxygen atoms in total. The fourth-order valence-electron chi connectivity index (χ4n) is 4.74. The smallest absolute Gasteiger partial charge is 0.119 e. The summed E-state index contributed by atoms with van der Waals surface area (Å²) in [4.78, 5) is 7.45. The molecule has 0 saturated carbocycles. The molecule has 1 aliphatic rings. The predicted molar refractivity (Wildman–Crippen MR) is 125 cm³/mol. The van der Waals surface area contributed by atoms with E-state index in [9.17, 15) is 0 Å². The monoisotopic (exact) mass is 418 g/mol.